The highest BCUT2D eigenvalue weighted by molar-refractivity contribution is 7.89. The number of nitrogens with zero attached hydrogens (tertiary/aromatic N) is 3. The number of aryl methyl sites for hydroxylation is 2. The van der Waals surface area contributed by atoms with E-state index in [4.69, 9.17) is 16.1 Å². The lowest BCUT2D eigenvalue weighted by molar-refractivity contribution is 0.101. The Kier molecular flexibility index (Phi) is 5.19. The lowest BCUT2D eigenvalue weighted by Crippen LogP contribution is -2.35. The van der Waals surface area contributed by atoms with Crippen molar-refractivity contribution in [1.29, 1.82) is 0 Å². The van der Waals surface area contributed by atoms with Crippen molar-refractivity contribution in [3.8, 4) is 0 Å². The molecule has 0 radical (unpaired) electrons. The predicted molar refractivity (Wildman–Crippen MR) is 109 cm³/mol. The molecule has 3 heterocycles. The van der Waals surface area contributed by atoms with Crippen molar-refractivity contribution < 1.29 is 17.7 Å². The summed E-state index contributed by atoms with van der Waals surface area (Å²) in [6, 6.07) is 6.36. The van der Waals surface area contributed by atoms with Gasteiger partial charge < -0.3 is 4.52 Å². The molecule has 0 unspecified atom stereocenters. The molecule has 11 heteroatoms. The van der Waals surface area contributed by atoms with Crippen molar-refractivity contribution in [2.24, 2.45) is 0 Å². The predicted octanol–water partition coefficient (Wildman–Crippen LogP) is 3.40. The Morgan fingerprint density at radius 2 is 2.10 bits per heavy atom. The number of carbonyl (C=O) groups excluding carboxylic acids is 1. The molecular weight excluding hydrogens is 436 g/mol. The molecule has 152 valence electrons. The molecule has 0 fully saturated rings. The van der Waals surface area contributed by atoms with Crippen LogP contribution in [0.1, 0.15) is 32.4 Å². The average Bonchev–Trinajstić information content (AvgIpc) is 3.28. The van der Waals surface area contributed by atoms with E-state index in [1.165, 1.54) is 27.8 Å². The standard InChI is InChI=1S/C18H17ClN4O4S2/c1-10-3-4-12(19)8-16(10)29(25,26)23-6-5-13-15(9-23)28-18(20-13)21-17(24)14-7-11(2)27-22-14/h3-4,7-8H,5-6,9H2,1-2H3,(H,20,21,24). The summed E-state index contributed by atoms with van der Waals surface area (Å²) in [4.78, 5) is 17.7. The van der Waals surface area contributed by atoms with E-state index in [9.17, 15) is 13.2 Å². The maximum Gasteiger partial charge on any atom is 0.279 e. The van der Waals surface area contributed by atoms with Gasteiger partial charge in [-0.15, -0.1) is 11.3 Å². The summed E-state index contributed by atoms with van der Waals surface area (Å²) < 4.78 is 32.5. The molecule has 1 aliphatic rings. The van der Waals surface area contributed by atoms with Crippen LogP contribution in [0, 0.1) is 13.8 Å². The van der Waals surface area contributed by atoms with E-state index in [-0.39, 0.29) is 17.1 Å². The van der Waals surface area contributed by atoms with Crippen molar-refractivity contribution in [1.82, 2.24) is 14.4 Å². The Morgan fingerprint density at radius 3 is 2.83 bits per heavy atom. The average molecular weight is 453 g/mol. The first kappa shape index (κ1) is 20.0. The van der Waals surface area contributed by atoms with E-state index >= 15 is 0 Å². The fourth-order valence-corrected chi connectivity index (χ4v) is 6.05. The highest BCUT2D eigenvalue weighted by Gasteiger charge is 2.31. The van der Waals surface area contributed by atoms with Gasteiger partial charge in [-0.25, -0.2) is 13.4 Å². The SMILES string of the molecule is Cc1cc(C(=O)Nc2nc3c(s2)CN(S(=O)(=O)c2cc(Cl)ccc2C)CC3)no1. The first-order chi connectivity index (χ1) is 13.7. The molecule has 1 amide bonds. The normalized spacial score (nSPS) is 14.6. The van der Waals surface area contributed by atoms with E-state index in [1.807, 2.05) is 0 Å². The van der Waals surface area contributed by atoms with Crippen molar-refractivity contribution in [2.45, 2.75) is 31.7 Å². The second kappa shape index (κ2) is 7.52. The molecule has 4 rings (SSSR count). The lowest BCUT2D eigenvalue weighted by Gasteiger charge is -2.26. The molecule has 0 bridgehead atoms. The minimum Gasteiger partial charge on any atom is -0.361 e. The minimum absolute atomic E-state index is 0.163. The summed E-state index contributed by atoms with van der Waals surface area (Å²) in [6.07, 6.45) is 0.462. The lowest BCUT2D eigenvalue weighted by atomic mass is 10.2. The van der Waals surface area contributed by atoms with E-state index in [2.05, 4.69) is 15.5 Å². The van der Waals surface area contributed by atoms with Crippen LogP contribution in [0.15, 0.2) is 33.7 Å². The maximum absolute atomic E-state index is 13.1. The molecule has 0 saturated heterocycles. The number of anilines is 1. The number of benzene rings is 1. The monoisotopic (exact) mass is 452 g/mol. The zero-order valence-corrected chi connectivity index (χ0v) is 18.0. The fourth-order valence-electron chi connectivity index (χ4n) is 3.06. The van der Waals surface area contributed by atoms with Crippen molar-refractivity contribution >= 4 is 44.0 Å². The highest BCUT2D eigenvalue weighted by atomic mass is 35.5. The van der Waals surface area contributed by atoms with Gasteiger partial charge in [0.05, 0.1) is 17.1 Å². The van der Waals surface area contributed by atoms with E-state index < -0.39 is 15.9 Å². The van der Waals surface area contributed by atoms with Crippen LogP contribution in [0.2, 0.25) is 5.02 Å². The third kappa shape index (κ3) is 3.93. The van der Waals surface area contributed by atoms with Gasteiger partial charge in [0.2, 0.25) is 10.0 Å². The van der Waals surface area contributed by atoms with Crippen LogP contribution in [0.4, 0.5) is 5.13 Å². The number of carbonyl (C=O) groups is 1. The summed E-state index contributed by atoms with van der Waals surface area (Å²) in [6.45, 7) is 3.94. The molecule has 0 spiro atoms. The maximum atomic E-state index is 13.1. The summed E-state index contributed by atoms with van der Waals surface area (Å²) in [5.74, 6) is 0.109. The van der Waals surface area contributed by atoms with Crippen LogP contribution in [0.5, 0.6) is 0 Å². The van der Waals surface area contributed by atoms with Gasteiger partial charge in [0.1, 0.15) is 5.76 Å². The smallest absolute Gasteiger partial charge is 0.279 e. The number of thiazole rings is 1. The minimum atomic E-state index is -3.69. The van der Waals surface area contributed by atoms with E-state index in [0.717, 1.165) is 10.6 Å². The van der Waals surface area contributed by atoms with Crippen LogP contribution in [-0.4, -0.2) is 35.3 Å². The molecule has 0 saturated carbocycles. The van der Waals surface area contributed by atoms with Gasteiger partial charge in [-0.2, -0.15) is 4.31 Å². The number of aromatic nitrogens is 2. The van der Waals surface area contributed by atoms with Crippen LogP contribution < -0.4 is 5.32 Å². The molecule has 3 aromatic rings. The second-order valence-electron chi connectivity index (χ2n) is 6.66. The number of nitrogens with one attached hydrogen (secondary N) is 1. The van der Waals surface area contributed by atoms with Crippen LogP contribution in [0.3, 0.4) is 0 Å². The molecule has 1 aromatic carbocycles. The summed E-state index contributed by atoms with van der Waals surface area (Å²) in [7, 11) is -3.69. The molecule has 0 aliphatic carbocycles. The molecule has 1 N–H and O–H groups in total. The summed E-state index contributed by atoms with van der Waals surface area (Å²) in [5, 5.41) is 7.14. The molecule has 0 atom stereocenters. The van der Waals surface area contributed by atoms with Crippen molar-refractivity contribution in [2.75, 3.05) is 11.9 Å². The topological polar surface area (TPSA) is 105 Å². The molecule has 8 nitrogen and oxygen atoms in total. The third-order valence-electron chi connectivity index (χ3n) is 4.55. The van der Waals surface area contributed by atoms with Gasteiger partial charge in [-0.05, 0) is 31.5 Å². The Bertz CT molecular complexity index is 1200. The Balaban J connectivity index is 1.54. The molecule has 29 heavy (non-hydrogen) atoms. The quantitative estimate of drug-likeness (QED) is 0.650. The number of sulfonamides is 1. The third-order valence-corrected chi connectivity index (χ3v) is 7.77. The largest absolute Gasteiger partial charge is 0.361 e. The second-order valence-corrected chi connectivity index (χ2v) is 10.1. The van der Waals surface area contributed by atoms with Crippen LogP contribution >= 0.6 is 22.9 Å². The van der Waals surface area contributed by atoms with Gasteiger partial charge in [0.25, 0.3) is 5.91 Å². The molecule has 2 aromatic heterocycles. The zero-order valence-electron chi connectivity index (χ0n) is 15.6. The number of halogens is 1. The van der Waals surface area contributed by atoms with Gasteiger partial charge >= 0.3 is 0 Å². The Labute approximate surface area is 176 Å². The first-order valence-electron chi connectivity index (χ1n) is 8.73. The molecular formula is C18H17ClN4O4S2. The van der Waals surface area contributed by atoms with Crippen molar-refractivity contribution in [3.05, 3.63) is 56.9 Å². The van der Waals surface area contributed by atoms with Gasteiger partial charge in [-0.1, -0.05) is 22.8 Å². The first-order valence-corrected chi connectivity index (χ1v) is 11.4. The number of hydrogen-bond acceptors (Lipinski definition) is 7. The number of hydrogen-bond donors (Lipinski definition) is 1. The zero-order chi connectivity index (χ0) is 20.8. The number of amides is 1. The van der Waals surface area contributed by atoms with Crippen molar-refractivity contribution in [3.63, 3.8) is 0 Å². The van der Waals surface area contributed by atoms with Gasteiger partial charge in [0.15, 0.2) is 10.8 Å². The summed E-state index contributed by atoms with van der Waals surface area (Å²) in [5.41, 5.74) is 1.59. The van der Waals surface area contributed by atoms with Crippen LogP contribution in [-0.2, 0) is 23.0 Å². The Hall–Kier alpha value is -2.27. The summed E-state index contributed by atoms with van der Waals surface area (Å²) >= 11 is 7.26. The van der Waals surface area contributed by atoms with E-state index in [1.54, 1.807) is 26.0 Å². The van der Waals surface area contributed by atoms with Gasteiger partial charge in [-0.3, -0.25) is 10.1 Å². The fraction of sp³-hybridized carbons (Fsp3) is 0.278. The van der Waals surface area contributed by atoms with Crippen LogP contribution in [0.25, 0.3) is 0 Å². The highest BCUT2D eigenvalue weighted by Crippen LogP contribution is 2.32. The van der Waals surface area contributed by atoms with Gasteiger partial charge in [0, 0.05) is 28.9 Å². The number of fused-ring (bicyclic) bond motifs is 1. The molecule has 1 aliphatic heterocycles. The Morgan fingerprint density at radius 1 is 1.31 bits per heavy atom. The number of rotatable bonds is 4. The van der Waals surface area contributed by atoms with E-state index in [0.29, 0.717) is 34.4 Å².